The van der Waals surface area contributed by atoms with Gasteiger partial charge < -0.3 is 4.74 Å². The highest BCUT2D eigenvalue weighted by molar-refractivity contribution is 7.15. The maximum Gasteiger partial charge on any atom is 0.261 e. The average Bonchev–Trinajstić information content (AvgIpc) is 3.02. The number of hydrogen-bond donors (Lipinski definition) is 1. The Morgan fingerprint density at radius 1 is 1.13 bits per heavy atom. The molecule has 0 saturated carbocycles. The lowest BCUT2D eigenvalue weighted by atomic mass is 10.1. The van der Waals surface area contributed by atoms with Gasteiger partial charge in [0.25, 0.3) is 5.91 Å². The molecule has 4 nitrogen and oxygen atoms in total. The van der Waals surface area contributed by atoms with E-state index >= 15 is 0 Å². The minimum Gasteiger partial charge on any atom is -0.496 e. The third-order valence-corrected chi connectivity index (χ3v) is 4.26. The van der Waals surface area contributed by atoms with Crippen molar-refractivity contribution >= 4 is 22.4 Å². The van der Waals surface area contributed by atoms with Gasteiger partial charge in [-0.1, -0.05) is 42.5 Å². The fraction of sp³-hybridized carbons (Fsp3) is 0.111. The van der Waals surface area contributed by atoms with Crippen molar-refractivity contribution in [3.63, 3.8) is 0 Å². The number of nitrogens with zero attached hydrogens (tertiary/aromatic N) is 1. The normalized spacial score (nSPS) is 10.3. The van der Waals surface area contributed by atoms with Gasteiger partial charge in [-0.15, -0.1) is 11.3 Å². The molecule has 2 aromatic carbocycles. The molecule has 23 heavy (non-hydrogen) atoms. The summed E-state index contributed by atoms with van der Waals surface area (Å²) in [5.74, 6) is 0.328. The van der Waals surface area contributed by atoms with E-state index in [1.54, 1.807) is 31.5 Å². The van der Waals surface area contributed by atoms with Gasteiger partial charge in [0.05, 0.1) is 12.7 Å². The standard InChI is InChI=1S/C18H16N2O2S/c1-22-16-10-6-5-9-15(16)17(21)20-18-19-12-14(23-18)11-13-7-3-2-4-8-13/h2-10,12H,11H2,1H3,(H,19,20,21). The highest BCUT2D eigenvalue weighted by Gasteiger charge is 2.13. The number of para-hydroxylation sites is 1. The van der Waals surface area contributed by atoms with Crippen molar-refractivity contribution < 1.29 is 9.53 Å². The van der Waals surface area contributed by atoms with Gasteiger partial charge in [-0.05, 0) is 17.7 Å². The molecule has 5 heteroatoms. The van der Waals surface area contributed by atoms with Crippen LogP contribution >= 0.6 is 11.3 Å². The SMILES string of the molecule is COc1ccccc1C(=O)Nc1ncc(Cc2ccccc2)s1. The van der Waals surface area contributed by atoms with Crippen LogP contribution in [0.5, 0.6) is 5.75 Å². The number of carbonyl (C=O) groups is 1. The molecule has 116 valence electrons. The molecule has 0 aliphatic carbocycles. The molecular formula is C18H16N2O2S. The molecule has 0 unspecified atom stereocenters. The maximum atomic E-state index is 12.3. The van der Waals surface area contributed by atoms with Crippen molar-refractivity contribution in [1.82, 2.24) is 4.98 Å². The van der Waals surface area contributed by atoms with Crippen LogP contribution in [0.25, 0.3) is 0 Å². The third-order valence-electron chi connectivity index (χ3n) is 3.35. The van der Waals surface area contributed by atoms with Gasteiger partial charge in [0.1, 0.15) is 5.75 Å². The number of carbonyl (C=O) groups excluding carboxylic acids is 1. The Morgan fingerprint density at radius 3 is 2.65 bits per heavy atom. The van der Waals surface area contributed by atoms with Crippen molar-refractivity contribution in [2.75, 3.05) is 12.4 Å². The topological polar surface area (TPSA) is 51.2 Å². The summed E-state index contributed by atoms with van der Waals surface area (Å²) in [4.78, 5) is 17.7. The van der Waals surface area contributed by atoms with E-state index in [0.717, 1.165) is 11.3 Å². The van der Waals surface area contributed by atoms with Crippen LogP contribution in [-0.2, 0) is 6.42 Å². The number of ether oxygens (including phenoxy) is 1. The Labute approximate surface area is 138 Å². The second kappa shape index (κ2) is 7.07. The number of methoxy groups -OCH3 is 1. The predicted molar refractivity (Wildman–Crippen MR) is 92.3 cm³/mol. The van der Waals surface area contributed by atoms with Gasteiger partial charge in [0.2, 0.25) is 0 Å². The Hall–Kier alpha value is -2.66. The van der Waals surface area contributed by atoms with Crippen LogP contribution in [0.1, 0.15) is 20.8 Å². The number of hydrogen-bond acceptors (Lipinski definition) is 4. The molecule has 0 atom stereocenters. The fourth-order valence-corrected chi connectivity index (χ4v) is 3.08. The Bertz CT molecular complexity index is 800. The van der Waals surface area contributed by atoms with Crippen LogP contribution in [-0.4, -0.2) is 18.0 Å². The largest absolute Gasteiger partial charge is 0.496 e. The second-order valence-corrected chi connectivity index (χ2v) is 6.06. The van der Waals surface area contributed by atoms with Crippen molar-refractivity contribution in [2.24, 2.45) is 0 Å². The fourth-order valence-electron chi connectivity index (χ4n) is 2.24. The Balaban J connectivity index is 1.70. The molecule has 3 rings (SSSR count). The second-order valence-electron chi connectivity index (χ2n) is 4.95. The summed E-state index contributed by atoms with van der Waals surface area (Å²) in [6.07, 6.45) is 2.61. The molecule has 0 radical (unpaired) electrons. The van der Waals surface area contributed by atoms with E-state index in [9.17, 15) is 4.79 Å². The van der Waals surface area contributed by atoms with E-state index < -0.39 is 0 Å². The third kappa shape index (κ3) is 3.76. The van der Waals surface area contributed by atoms with E-state index in [4.69, 9.17) is 4.74 Å². The van der Waals surface area contributed by atoms with Crippen LogP contribution in [0, 0.1) is 0 Å². The first-order valence-corrected chi connectivity index (χ1v) is 8.01. The lowest BCUT2D eigenvalue weighted by Gasteiger charge is -2.06. The summed E-state index contributed by atoms with van der Waals surface area (Å²) in [5, 5.41) is 3.42. The lowest BCUT2D eigenvalue weighted by molar-refractivity contribution is 0.102. The molecule has 1 heterocycles. The molecule has 1 amide bonds. The van der Waals surface area contributed by atoms with Crippen molar-refractivity contribution in [3.05, 3.63) is 76.8 Å². The molecule has 0 saturated heterocycles. The quantitative estimate of drug-likeness (QED) is 0.772. The number of anilines is 1. The number of thiazole rings is 1. The van der Waals surface area contributed by atoms with Crippen LogP contribution in [0.3, 0.4) is 0 Å². The number of aromatic nitrogens is 1. The smallest absolute Gasteiger partial charge is 0.261 e. The van der Waals surface area contributed by atoms with Gasteiger partial charge >= 0.3 is 0 Å². The molecule has 0 aliphatic heterocycles. The minimum atomic E-state index is -0.219. The van der Waals surface area contributed by atoms with Crippen molar-refractivity contribution in [3.8, 4) is 5.75 Å². The zero-order valence-electron chi connectivity index (χ0n) is 12.7. The van der Waals surface area contributed by atoms with E-state index in [1.165, 1.54) is 16.9 Å². The number of amides is 1. The minimum absolute atomic E-state index is 0.219. The van der Waals surface area contributed by atoms with Crippen LogP contribution in [0.2, 0.25) is 0 Å². The van der Waals surface area contributed by atoms with Gasteiger partial charge in [0, 0.05) is 17.5 Å². The zero-order chi connectivity index (χ0) is 16.1. The maximum absolute atomic E-state index is 12.3. The van der Waals surface area contributed by atoms with Crippen LogP contribution in [0.15, 0.2) is 60.8 Å². The van der Waals surface area contributed by atoms with E-state index in [-0.39, 0.29) is 5.91 Å². The summed E-state index contributed by atoms with van der Waals surface area (Å²) >= 11 is 1.48. The molecule has 3 aromatic rings. The van der Waals surface area contributed by atoms with E-state index in [0.29, 0.717) is 16.4 Å². The highest BCUT2D eigenvalue weighted by Crippen LogP contribution is 2.23. The van der Waals surface area contributed by atoms with Crippen molar-refractivity contribution in [2.45, 2.75) is 6.42 Å². The first-order valence-electron chi connectivity index (χ1n) is 7.19. The monoisotopic (exact) mass is 324 g/mol. The number of benzene rings is 2. The summed E-state index contributed by atoms with van der Waals surface area (Å²) in [6, 6.07) is 17.3. The summed E-state index contributed by atoms with van der Waals surface area (Å²) in [7, 11) is 1.55. The molecule has 0 aliphatic rings. The Morgan fingerprint density at radius 2 is 1.87 bits per heavy atom. The summed E-state index contributed by atoms with van der Waals surface area (Å²) in [5.41, 5.74) is 1.72. The van der Waals surface area contributed by atoms with Crippen LogP contribution < -0.4 is 10.1 Å². The van der Waals surface area contributed by atoms with E-state index in [2.05, 4.69) is 22.4 Å². The average molecular weight is 324 g/mol. The first kappa shape index (κ1) is 15.2. The predicted octanol–water partition coefficient (Wildman–Crippen LogP) is 3.99. The molecule has 0 fully saturated rings. The van der Waals surface area contributed by atoms with Gasteiger partial charge in [0.15, 0.2) is 5.13 Å². The Kier molecular flexibility index (Phi) is 4.68. The van der Waals surface area contributed by atoms with Crippen molar-refractivity contribution in [1.29, 1.82) is 0 Å². The number of rotatable bonds is 5. The van der Waals surface area contributed by atoms with Gasteiger partial charge in [-0.3, -0.25) is 10.1 Å². The van der Waals surface area contributed by atoms with E-state index in [1.807, 2.05) is 24.3 Å². The number of nitrogens with one attached hydrogen (secondary N) is 1. The van der Waals surface area contributed by atoms with Crippen LogP contribution in [0.4, 0.5) is 5.13 Å². The molecule has 0 bridgehead atoms. The first-order chi connectivity index (χ1) is 11.3. The lowest BCUT2D eigenvalue weighted by Crippen LogP contribution is -2.12. The highest BCUT2D eigenvalue weighted by atomic mass is 32.1. The van der Waals surface area contributed by atoms with Gasteiger partial charge in [-0.25, -0.2) is 4.98 Å². The zero-order valence-corrected chi connectivity index (χ0v) is 13.5. The molecule has 1 aromatic heterocycles. The summed E-state index contributed by atoms with van der Waals surface area (Å²) < 4.78 is 5.21. The summed E-state index contributed by atoms with van der Waals surface area (Å²) in [6.45, 7) is 0. The van der Waals surface area contributed by atoms with Gasteiger partial charge in [-0.2, -0.15) is 0 Å². The molecule has 0 spiro atoms. The molecular weight excluding hydrogens is 308 g/mol. The molecule has 1 N–H and O–H groups in total.